The summed E-state index contributed by atoms with van der Waals surface area (Å²) in [7, 11) is 0. The molecule has 104 valence electrons. The second-order valence-electron chi connectivity index (χ2n) is 4.23. The van der Waals surface area contributed by atoms with Crippen LogP contribution in [0.2, 0.25) is 0 Å². The van der Waals surface area contributed by atoms with E-state index in [0.29, 0.717) is 29.4 Å². The molecule has 8 heteroatoms. The first-order valence-corrected chi connectivity index (χ1v) is 6.03. The van der Waals surface area contributed by atoms with E-state index in [2.05, 4.69) is 15.6 Å². The molecule has 0 saturated carbocycles. The molecule has 0 radical (unpaired) electrons. The monoisotopic (exact) mass is 275 g/mol. The minimum atomic E-state index is -0.211. The van der Waals surface area contributed by atoms with E-state index < -0.39 is 0 Å². The maximum atomic E-state index is 11.9. The summed E-state index contributed by atoms with van der Waals surface area (Å²) in [6.07, 6.45) is 1.64. The molecule has 0 fully saturated rings. The molecule has 1 aromatic heterocycles. The molecule has 1 amide bonds. The standard InChI is InChI=1S/C12H13N5O3/c13-4-9-5-17(16-15-9)6-12(18)14-8-1-2-10-11(3-8)20-7-19-10/h1-3,5H,4,6-7,13H2,(H,14,18). The van der Waals surface area contributed by atoms with Crippen molar-refractivity contribution in [1.82, 2.24) is 15.0 Å². The van der Waals surface area contributed by atoms with E-state index in [1.54, 1.807) is 24.4 Å². The highest BCUT2D eigenvalue weighted by molar-refractivity contribution is 5.90. The average molecular weight is 275 g/mol. The number of carbonyl (C=O) groups is 1. The highest BCUT2D eigenvalue weighted by Crippen LogP contribution is 2.34. The van der Waals surface area contributed by atoms with Crippen LogP contribution in [0.1, 0.15) is 5.69 Å². The van der Waals surface area contributed by atoms with Crippen molar-refractivity contribution >= 4 is 11.6 Å². The lowest BCUT2D eigenvalue weighted by Crippen LogP contribution is -2.19. The SMILES string of the molecule is NCc1cn(CC(=O)Nc2ccc3c(c2)OCO3)nn1. The van der Waals surface area contributed by atoms with Crippen molar-refractivity contribution in [2.75, 3.05) is 12.1 Å². The maximum absolute atomic E-state index is 11.9. The van der Waals surface area contributed by atoms with E-state index in [1.807, 2.05) is 0 Å². The molecule has 0 saturated heterocycles. The molecule has 1 aliphatic rings. The third kappa shape index (κ3) is 2.54. The van der Waals surface area contributed by atoms with Gasteiger partial charge in [-0.25, -0.2) is 4.68 Å². The minimum Gasteiger partial charge on any atom is -0.454 e. The summed E-state index contributed by atoms with van der Waals surface area (Å²) in [5.74, 6) is 1.08. The van der Waals surface area contributed by atoms with Crippen molar-refractivity contribution in [3.8, 4) is 11.5 Å². The first kappa shape index (κ1) is 12.4. The van der Waals surface area contributed by atoms with Gasteiger partial charge in [-0.2, -0.15) is 0 Å². The normalized spacial score (nSPS) is 12.4. The van der Waals surface area contributed by atoms with Gasteiger partial charge in [0.15, 0.2) is 11.5 Å². The number of fused-ring (bicyclic) bond motifs is 1. The van der Waals surface area contributed by atoms with Crippen LogP contribution in [0, 0.1) is 0 Å². The van der Waals surface area contributed by atoms with Crippen LogP contribution >= 0.6 is 0 Å². The van der Waals surface area contributed by atoms with Crippen molar-refractivity contribution in [2.24, 2.45) is 5.73 Å². The number of benzene rings is 1. The first-order chi connectivity index (χ1) is 9.74. The van der Waals surface area contributed by atoms with E-state index in [-0.39, 0.29) is 19.2 Å². The fraction of sp³-hybridized carbons (Fsp3) is 0.250. The first-order valence-electron chi connectivity index (χ1n) is 6.03. The van der Waals surface area contributed by atoms with E-state index >= 15 is 0 Å². The smallest absolute Gasteiger partial charge is 0.246 e. The van der Waals surface area contributed by atoms with Crippen LogP contribution in [0.3, 0.4) is 0 Å². The van der Waals surface area contributed by atoms with Crippen molar-refractivity contribution in [1.29, 1.82) is 0 Å². The van der Waals surface area contributed by atoms with E-state index in [1.165, 1.54) is 4.68 Å². The number of ether oxygens (including phenoxy) is 2. The summed E-state index contributed by atoms with van der Waals surface area (Å²) < 4.78 is 11.9. The number of nitrogens with one attached hydrogen (secondary N) is 1. The van der Waals surface area contributed by atoms with E-state index in [0.717, 1.165) is 0 Å². The van der Waals surface area contributed by atoms with Crippen LogP contribution in [0.5, 0.6) is 11.5 Å². The average Bonchev–Trinajstić information content (AvgIpc) is 3.06. The molecular weight excluding hydrogens is 262 g/mol. The number of rotatable bonds is 4. The summed E-state index contributed by atoms with van der Waals surface area (Å²) in [6.45, 7) is 0.568. The molecule has 2 aromatic rings. The zero-order chi connectivity index (χ0) is 13.9. The lowest BCUT2D eigenvalue weighted by atomic mass is 10.3. The third-order valence-corrected chi connectivity index (χ3v) is 2.76. The third-order valence-electron chi connectivity index (χ3n) is 2.76. The van der Waals surface area contributed by atoms with Crippen molar-refractivity contribution in [2.45, 2.75) is 13.1 Å². The molecule has 20 heavy (non-hydrogen) atoms. The van der Waals surface area contributed by atoms with Crippen molar-refractivity contribution in [3.63, 3.8) is 0 Å². The Hall–Kier alpha value is -2.61. The summed E-state index contributed by atoms with van der Waals surface area (Å²) in [5, 5.41) is 10.4. The second kappa shape index (κ2) is 5.17. The van der Waals surface area contributed by atoms with Crippen LogP contribution < -0.4 is 20.5 Å². The predicted octanol–water partition coefficient (Wildman–Crippen LogP) is 0.104. The number of anilines is 1. The Morgan fingerprint density at radius 3 is 3.05 bits per heavy atom. The van der Waals surface area contributed by atoms with Gasteiger partial charge in [0.25, 0.3) is 0 Å². The molecule has 8 nitrogen and oxygen atoms in total. The highest BCUT2D eigenvalue weighted by Gasteiger charge is 2.14. The van der Waals surface area contributed by atoms with Crippen molar-refractivity contribution in [3.05, 3.63) is 30.1 Å². The Bertz CT molecular complexity index is 640. The number of carbonyl (C=O) groups excluding carboxylic acids is 1. The largest absolute Gasteiger partial charge is 0.454 e. The molecule has 1 aromatic carbocycles. The summed E-state index contributed by atoms with van der Waals surface area (Å²) >= 11 is 0. The Morgan fingerprint density at radius 1 is 1.40 bits per heavy atom. The molecule has 0 aliphatic carbocycles. The molecule has 3 rings (SSSR count). The molecule has 3 N–H and O–H groups in total. The highest BCUT2D eigenvalue weighted by atomic mass is 16.7. The number of aromatic nitrogens is 3. The molecule has 0 bridgehead atoms. The van der Waals surface area contributed by atoms with E-state index in [9.17, 15) is 4.79 Å². The van der Waals surface area contributed by atoms with Gasteiger partial charge < -0.3 is 20.5 Å². The van der Waals surface area contributed by atoms with Gasteiger partial charge in [0.1, 0.15) is 6.54 Å². The molecule has 1 aliphatic heterocycles. The maximum Gasteiger partial charge on any atom is 0.246 e. The quantitative estimate of drug-likeness (QED) is 0.820. The zero-order valence-electron chi connectivity index (χ0n) is 10.6. The number of hydrogen-bond acceptors (Lipinski definition) is 6. The fourth-order valence-electron chi connectivity index (χ4n) is 1.83. The number of nitrogens with two attached hydrogens (primary N) is 1. The fourth-order valence-corrected chi connectivity index (χ4v) is 1.83. The molecule has 0 spiro atoms. The topological polar surface area (TPSA) is 104 Å². The van der Waals surface area contributed by atoms with Gasteiger partial charge in [-0.3, -0.25) is 4.79 Å². The van der Waals surface area contributed by atoms with Gasteiger partial charge in [0.2, 0.25) is 12.7 Å². The van der Waals surface area contributed by atoms with Crippen LogP contribution in [-0.4, -0.2) is 27.7 Å². The Balaban J connectivity index is 1.64. The molecule has 2 heterocycles. The van der Waals surface area contributed by atoms with Crippen LogP contribution in [0.15, 0.2) is 24.4 Å². The van der Waals surface area contributed by atoms with Gasteiger partial charge in [0, 0.05) is 18.3 Å². The predicted molar refractivity (Wildman–Crippen MR) is 69.1 cm³/mol. The Labute approximate surface area is 114 Å². The minimum absolute atomic E-state index is 0.0709. The van der Waals surface area contributed by atoms with Gasteiger partial charge in [-0.05, 0) is 12.1 Å². The summed E-state index contributed by atoms with van der Waals surface area (Å²) in [6, 6.07) is 5.21. The van der Waals surface area contributed by atoms with Crippen LogP contribution in [0.25, 0.3) is 0 Å². The van der Waals surface area contributed by atoms with Gasteiger partial charge in [-0.1, -0.05) is 5.21 Å². The van der Waals surface area contributed by atoms with Crippen molar-refractivity contribution < 1.29 is 14.3 Å². The molecule has 0 atom stereocenters. The summed E-state index contributed by atoms with van der Waals surface area (Å²) in [4.78, 5) is 11.9. The van der Waals surface area contributed by atoms with Gasteiger partial charge in [0.05, 0.1) is 11.9 Å². The van der Waals surface area contributed by atoms with Gasteiger partial charge in [-0.15, -0.1) is 5.10 Å². The van der Waals surface area contributed by atoms with Crippen LogP contribution in [0.4, 0.5) is 5.69 Å². The number of amides is 1. The zero-order valence-corrected chi connectivity index (χ0v) is 10.6. The number of hydrogen-bond donors (Lipinski definition) is 2. The lowest BCUT2D eigenvalue weighted by molar-refractivity contribution is -0.116. The molecular formula is C12H13N5O3. The second-order valence-corrected chi connectivity index (χ2v) is 4.23. The molecule has 0 unspecified atom stereocenters. The lowest BCUT2D eigenvalue weighted by Gasteiger charge is -2.05. The van der Waals surface area contributed by atoms with E-state index in [4.69, 9.17) is 15.2 Å². The Kier molecular flexibility index (Phi) is 3.21. The number of nitrogens with zero attached hydrogens (tertiary/aromatic N) is 3. The summed E-state index contributed by atoms with van der Waals surface area (Å²) in [5.41, 5.74) is 6.70. The van der Waals surface area contributed by atoms with Gasteiger partial charge >= 0.3 is 0 Å². The Morgan fingerprint density at radius 2 is 2.25 bits per heavy atom. The van der Waals surface area contributed by atoms with Crippen LogP contribution in [-0.2, 0) is 17.9 Å².